The highest BCUT2D eigenvalue weighted by atomic mass is 35.5. The first-order chi connectivity index (χ1) is 6.13. The summed E-state index contributed by atoms with van der Waals surface area (Å²) < 4.78 is 0. The van der Waals surface area contributed by atoms with Crippen LogP contribution >= 0.6 is 12.4 Å². The van der Waals surface area contributed by atoms with Crippen LogP contribution in [0.15, 0.2) is 0 Å². The van der Waals surface area contributed by atoms with Gasteiger partial charge in [0.15, 0.2) is 0 Å². The predicted octanol–water partition coefficient (Wildman–Crippen LogP) is 2.15. The van der Waals surface area contributed by atoms with Crippen molar-refractivity contribution in [1.29, 1.82) is 0 Å². The summed E-state index contributed by atoms with van der Waals surface area (Å²) in [7, 11) is 1.93. The van der Waals surface area contributed by atoms with E-state index in [1.165, 1.54) is 19.3 Å². The third kappa shape index (κ3) is 3.46. The van der Waals surface area contributed by atoms with Crippen molar-refractivity contribution in [2.75, 3.05) is 7.05 Å². The molecule has 1 fully saturated rings. The van der Waals surface area contributed by atoms with Gasteiger partial charge < -0.3 is 5.11 Å². The molecule has 4 heteroatoms. The molecule has 0 spiro atoms. The Kier molecular flexibility index (Phi) is 6.12. The lowest BCUT2D eigenvalue weighted by molar-refractivity contribution is -0.143. The Balaban J connectivity index is 0.00000169. The van der Waals surface area contributed by atoms with Gasteiger partial charge in [0.05, 0.1) is 0 Å². The van der Waals surface area contributed by atoms with E-state index in [2.05, 4.69) is 0 Å². The van der Waals surface area contributed by atoms with E-state index in [1.54, 1.807) is 6.92 Å². The molecule has 0 aromatic carbocycles. The number of hydrogen-bond donors (Lipinski definition) is 1. The summed E-state index contributed by atoms with van der Waals surface area (Å²) in [6.45, 7) is 1.76. The lowest BCUT2D eigenvalue weighted by Gasteiger charge is -2.33. The van der Waals surface area contributed by atoms with Crippen LogP contribution in [0, 0.1) is 0 Å². The second-order valence-corrected chi connectivity index (χ2v) is 3.97. The molecule has 0 unspecified atom stereocenters. The maximum absolute atomic E-state index is 10.7. The Morgan fingerprint density at radius 2 is 1.86 bits per heavy atom. The molecule has 1 saturated carbocycles. The van der Waals surface area contributed by atoms with Crippen LogP contribution in [-0.4, -0.2) is 35.1 Å². The summed E-state index contributed by atoms with van der Waals surface area (Å²) in [4.78, 5) is 12.7. The second kappa shape index (κ2) is 6.25. The fraction of sp³-hybridized carbons (Fsp3) is 0.900. The van der Waals surface area contributed by atoms with Gasteiger partial charge in [-0.3, -0.25) is 9.69 Å². The average molecular weight is 222 g/mol. The first kappa shape index (κ1) is 13.7. The number of likely N-dealkylation sites (N-methyl/N-ethyl adjacent to an activating group) is 1. The summed E-state index contributed by atoms with van der Waals surface area (Å²) in [6, 6.07) is 0.142. The molecule has 3 nitrogen and oxygen atoms in total. The number of hydrogen-bond acceptors (Lipinski definition) is 2. The van der Waals surface area contributed by atoms with Crippen molar-refractivity contribution >= 4 is 18.4 Å². The molecule has 0 aromatic heterocycles. The van der Waals surface area contributed by atoms with Crippen LogP contribution in [0.4, 0.5) is 0 Å². The molecule has 14 heavy (non-hydrogen) atoms. The molecule has 0 aromatic rings. The molecule has 1 atom stereocenters. The van der Waals surface area contributed by atoms with E-state index in [0.717, 1.165) is 12.8 Å². The van der Waals surface area contributed by atoms with Crippen LogP contribution in [0.5, 0.6) is 0 Å². The first-order valence-electron chi connectivity index (χ1n) is 5.07. The molecular formula is C10H20ClNO2. The predicted molar refractivity (Wildman–Crippen MR) is 59.0 cm³/mol. The number of halogens is 1. The van der Waals surface area contributed by atoms with E-state index in [0.29, 0.717) is 6.04 Å². The van der Waals surface area contributed by atoms with Gasteiger partial charge in [0, 0.05) is 6.04 Å². The Labute approximate surface area is 91.9 Å². The van der Waals surface area contributed by atoms with Crippen molar-refractivity contribution < 1.29 is 9.90 Å². The largest absolute Gasteiger partial charge is 0.480 e. The van der Waals surface area contributed by atoms with Crippen molar-refractivity contribution in [2.24, 2.45) is 0 Å². The zero-order chi connectivity index (χ0) is 9.84. The fourth-order valence-corrected chi connectivity index (χ4v) is 1.98. The number of nitrogens with zero attached hydrogens (tertiary/aromatic N) is 1. The van der Waals surface area contributed by atoms with Gasteiger partial charge in [-0.25, -0.2) is 0 Å². The first-order valence-corrected chi connectivity index (χ1v) is 5.07. The van der Waals surface area contributed by atoms with Gasteiger partial charge in [0.25, 0.3) is 0 Å². The quantitative estimate of drug-likeness (QED) is 0.794. The minimum Gasteiger partial charge on any atom is -0.480 e. The van der Waals surface area contributed by atoms with Crippen LogP contribution in [-0.2, 0) is 4.79 Å². The molecule has 1 aliphatic carbocycles. The number of carboxylic acid groups (broad SMARTS) is 1. The van der Waals surface area contributed by atoms with Gasteiger partial charge in [-0.2, -0.15) is 0 Å². The zero-order valence-electron chi connectivity index (χ0n) is 8.90. The van der Waals surface area contributed by atoms with E-state index >= 15 is 0 Å². The van der Waals surface area contributed by atoms with Crippen molar-refractivity contribution in [2.45, 2.75) is 51.1 Å². The lowest BCUT2D eigenvalue weighted by atomic mass is 9.94. The highest BCUT2D eigenvalue weighted by Gasteiger charge is 2.25. The van der Waals surface area contributed by atoms with E-state index in [1.807, 2.05) is 11.9 Å². The lowest BCUT2D eigenvalue weighted by Crippen LogP contribution is -2.43. The number of carbonyl (C=O) groups is 1. The van der Waals surface area contributed by atoms with Crippen molar-refractivity contribution in [3.63, 3.8) is 0 Å². The summed E-state index contributed by atoms with van der Waals surface area (Å²) in [5.41, 5.74) is 0. The molecule has 0 heterocycles. The van der Waals surface area contributed by atoms with E-state index in [9.17, 15) is 4.79 Å². The molecule has 1 aliphatic rings. The van der Waals surface area contributed by atoms with Crippen molar-refractivity contribution in [3.05, 3.63) is 0 Å². The Bertz CT molecular complexity index is 181. The minimum absolute atomic E-state index is 0. The summed E-state index contributed by atoms with van der Waals surface area (Å²) in [5, 5.41) is 8.84. The number of carboxylic acids is 1. The van der Waals surface area contributed by atoms with E-state index in [4.69, 9.17) is 5.11 Å². The Morgan fingerprint density at radius 3 is 2.29 bits per heavy atom. The van der Waals surface area contributed by atoms with E-state index < -0.39 is 5.97 Å². The normalized spacial score (nSPS) is 20.2. The number of aliphatic carboxylic acids is 1. The highest BCUT2D eigenvalue weighted by molar-refractivity contribution is 5.85. The molecule has 0 radical (unpaired) electrons. The average Bonchev–Trinajstić information content (AvgIpc) is 2.17. The van der Waals surface area contributed by atoms with Crippen molar-refractivity contribution in [3.8, 4) is 0 Å². The Hall–Kier alpha value is -0.280. The molecule has 0 aliphatic heterocycles. The monoisotopic (exact) mass is 221 g/mol. The maximum atomic E-state index is 10.7. The molecule has 1 N–H and O–H groups in total. The van der Waals surface area contributed by atoms with Crippen LogP contribution in [0.3, 0.4) is 0 Å². The van der Waals surface area contributed by atoms with Gasteiger partial charge in [-0.1, -0.05) is 19.3 Å². The fourth-order valence-electron chi connectivity index (χ4n) is 1.98. The topological polar surface area (TPSA) is 40.5 Å². The molecular weight excluding hydrogens is 202 g/mol. The molecule has 0 bridgehead atoms. The van der Waals surface area contributed by atoms with Crippen LogP contribution in [0.25, 0.3) is 0 Å². The summed E-state index contributed by atoms with van der Waals surface area (Å²) in [5.74, 6) is -0.715. The third-order valence-corrected chi connectivity index (χ3v) is 3.12. The third-order valence-electron chi connectivity index (χ3n) is 3.12. The second-order valence-electron chi connectivity index (χ2n) is 3.97. The van der Waals surface area contributed by atoms with Gasteiger partial charge in [0.2, 0.25) is 0 Å². The van der Waals surface area contributed by atoms with E-state index in [-0.39, 0.29) is 18.4 Å². The Morgan fingerprint density at radius 1 is 1.36 bits per heavy atom. The van der Waals surface area contributed by atoms with Crippen molar-refractivity contribution in [1.82, 2.24) is 4.90 Å². The highest BCUT2D eigenvalue weighted by Crippen LogP contribution is 2.22. The minimum atomic E-state index is -0.715. The molecule has 1 rings (SSSR count). The van der Waals surface area contributed by atoms with Gasteiger partial charge in [0.1, 0.15) is 6.04 Å². The maximum Gasteiger partial charge on any atom is 0.320 e. The van der Waals surface area contributed by atoms with Gasteiger partial charge >= 0.3 is 5.97 Å². The van der Waals surface area contributed by atoms with Crippen LogP contribution in [0.1, 0.15) is 39.0 Å². The smallest absolute Gasteiger partial charge is 0.320 e. The van der Waals surface area contributed by atoms with Gasteiger partial charge in [-0.15, -0.1) is 12.4 Å². The molecule has 84 valence electrons. The van der Waals surface area contributed by atoms with Gasteiger partial charge in [-0.05, 0) is 26.8 Å². The standard InChI is InChI=1S/C10H19NO2.ClH/c1-8(10(12)13)11(2)9-6-4-3-5-7-9;/h8-9H,3-7H2,1-2H3,(H,12,13);1H/t8-;/m0./s1. The zero-order valence-corrected chi connectivity index (χ0v) is 9.72. The SMILES string of the molecule is C[C@@H](C(=O)O)N(C)C1CCCCC1.Cl. The molecule has 0 amide bonds. The van der Waals surface area contributed by atoms with Crippen LogP contribution in [0.2, 0.25) is 0 Å². The number of rotatable bonds is 3. The van der Waals surface area contributed by atoms with Crippen LogP contribution < -0.4 is 0 Å². The summed E-state index contributed by atoms with van der Waals surface area (Å²) >= 11 is 0. The summed E-state index contributed by atoms with van der Waals surface area (Å²) in [6.07, 6.45) is 6.14. The molecule has 0 saturated heterocycles.